The number of rotatable bonds is 10. The van der Waals surface area contributed by atoms with Gasteiger partial charge in [0.25, 0.3) is 0 Å². The standard InChI is InChI=1S/C6H9N3O2.C6H13NO2.C6H6.C5H11NO2S/c7-5(6(10)11)1-4-2-8-3-9-4;1-4(2)3-5(7)6(8)9;1-2-4-6-5-3-1;1-9-3-2-4(6)5(7)8/h2-3,5H,1,7H2,(H,8,9)(H,10,11);4-5H,3,7H2,1-2H3,(H,8,9);1-6H;4H,2-3,6H2,1H3,(H,7,8). The molecule has 10 N–H and O–H groups in total. The number of nitrogens with zero attached hydrogens (tertiary/aromatic N) is 1. The van der Waals surface area contributed by atoms with Gasteiger partial charge in [0.15, 0.2) is 0 Å². The Labute approximate surface area is 210 Å². The summed E-state index contributed by atoms with van der Waals surface area (Å²) in [5, 5.41) is 25.0. The first-order valence-electron chi connectivity index (χ1n) is 10.8. The molecule has 0 aliphatic carbocycles. The van der Waals surface area contributed by atoms with Gasteiger partial charge in [-0.3, -0.25) is 14.4 Å². The largest absolute Gasteiger partial charge is 0.480 e. The Kier molecular flexibility index (Phi) is 21.1. The molecule has 0 amide bonds. The second kappa shape index (κ2) is 21.6. The number of aromatic nitrogens is 2. The molecule has 0 bridgehead atoms. The molecule has 198 valence electrons. The van der Waals surface area contributed by atoms with Crippen molar-refractivity contribution >= 4 is 29.7 Å². The molecular formula is C23H39N5O6S. The summed E-state index contributed by atoms with van der Waals surface area (Å²) >= 11 is 1.60. The van der Waals surface area contributed by atoms with Gasteiger partial charge < -0.3 is 37.5 Å². The molecule has 2 aromatic rings. The molecule has 0 aliphatic rings. The predicted molar refractivity (Wildman–Crippen MR) is 138 cm³/mol. The number of benzene rings is 1. The van der Waals surface area contributed by atoms with Gasteiger partial charge in [-0.2, -0.15) is 11.8 Å². The highest BCUT2D eigenvalue weighted by Gasteiger charge is 2.13. The summed E-state index contributed by atoms with van der Waals surface area (Å²) in [6, 6.07) is 9.76. The molecule has 0 fully saturated rings. The normalized spacial score (nSPS) is 12.3. The number of hydrogen-bond donors (Lipinski definition) is 7. The molecule has 0 spiro atoms. The lowest BCUT2D eigenvalue weighted by molar-refractivity contribution is -0.139. The monoisotopic (exact) mass is 513 g/mol. The minimum Gasteiger partial charge on any atom is -0.480 e. The smallest absolute Gasteiger partial charge is 0.320 e. The molecule has 3 unspecified atom stereocenters. The average molecular weight is 514 g/mol. The highest BCUT2D eigenvalue weighted by Crippen LogP contribution is 2.01. The van der Waals surface area contributed by atoms with Crippen LogP contribution in [0.25, 0.3) is 0 Å². The Morgan fingerprint density at radius 2 is 1.34 bits per heavy atom. The van der Waals surface area contributed by atoms with E-state index in [0.29, 0.717) is 24.5 Å². The fraction of sp³-hybridized carbons (Fsp3) is 0.478. The second-order valence-electron chi connectivity index (χ2n) is 7.66. The Hall–Kier alpha value is -2.93. The van der Waals surface area contributed by atoms with E-state index in [1.165, 1.54) is 6.33 Å². The highest BCUT2D eigenvalue weighted by atomic mass is 32.2. The first-order chi connectivity index (χ1) is 16.4. The maximum atomic E-state index is 10.3. The van der Waals surface area contributed by atoms with Gasteiger partial charge in [0.2, 0.25) is 0 Å². The number of carbonyl (C=O) groups is 3. The van der Waals surface area contributed by atoms with Crippen molar-refractivity contribution in [1.82, 2.24) is 9.97 Å². The van der Waals surface area contributed by atoms with Crippen LogP contribution in [0.4, 0.5) is 0 Å². The Morgan fingerprint density at radius 1 is 0.886 bits per heavy atom. The number of aromatic amines is 1. The lowest BCUT2D eigenvalue weighted by atomic mass is 10.1. The first-order valence-corrected chi connectivity index (χ1v) is 12.2. The van der Waals surface area contributed by atoms with Crippen molar-refractivity contribution in [2.45, 2.75) is 51.2 Å². The maximum absolute atomic E-state index is 10.3. The van der Waals surface area contributed by atoms with Crippen LogP contribution in [0.5, 0.6) is 0 Å². The molecular weight excluding hydrogens is 474 g/mol. The van der Waals surface area contributed by atoms with Crippen LogP contribution in [0.15, 0.2) is 48.9 Å². The number of aliphatic carboxylic acids is 3. The van der Waals surface area contributed by atoms with Gasteiger partial charge in [0.05, 0.1) is 12.0 Å². The van der Waals surface area contributed by atoms with Crippen molar-refractivity contribution in [2.24, 2.45) is 23.1 Å². The van der Waals surface area contributed by atoms with Crippen molar-refractivity contribution in [1.29, 1.82) is 0 Å². The van der Waals surface area contributed by atoms with E-state index in [4.69, 9.17) is 32.5 Å². The molecule has 35 heavy (non-hydrogen) atoms. The number of nitrogens with one attached hydrogen (secondary N) is 1. The summed E-state index contributed by atoms with van der Waals surface area (Å²) < 4.78 is 0. The van der Waals surface area contributed by atoms with Crippen molar-refractivity contribution in [3.63, 3.8) is 0 Å². The van der Waals surface area contributed by atoms with Crippen LogP contribution in [-0.4, -0.2) is 73.3 Å². The van der Waals surface area contributed by atoms with Crippen molar-refractivity contribution in [3.8, 4) is 0 Å². The summed E-state index contributed by atoms with van der Waals surface area (Å²) in [4.78, 5) is 37.0. The number of carboxylic acid groups (broad SMARTS) is 3. The average Bonchev–Trinajstić information content (AvgIpc) is 3.32. The molecule has 3 atom stereocenters. The molecule has 12 heteroatoms. The fourth-order valence-electron chi connectivity index (χ4n) is 2.08. The van der Waals surface area contributed by atoms with Crippen molar-refractivity contribution in [2.75, 3.05) is 12.0 Å². The first kappa shape index (κ1) is 34.2. The zero-order valence-electron chi connectivity index (χ0n) is 20.4. The fourth-order valence-corrected chi connectivity index (χ4v) is 2.57. The van der Waals surface area contributed by atoms with Crippen LogP contribution in [0.2, 0.25) is 0 Å². The van der Waals surface area contributed by atoms with Gasteiger partial charge >= 0.3 is 17.9 Å². The molecule has 0 saturated heterocycles. The predicted octanol–water partition coefficient (Wildman–Crippen LogP) is 1.65. The summed E-state index contributed by atoms with van der Waals surface area (Å²) in [6.07, 6.45) is 6.41. The highest BCUT2D eigenvalue weighted by molar-refractivity contribution is 7.98. The quantitative estimate of drug-likeness (QED) is 0.242. The van der Waals surface area contributed by atoms with E-state index in [0.717, 1.165) is 5.75 Å². The number of nitrogens with two attached hydrogens (primary N) is 3. The Balaban J connectivity index is 0. The van der Waals surface area contributed by atoms with E-state index < -0.39 is 36.0 Å². The van der Waals surface area contributed by atoms with E-state index in [1.807, 2.05) is 56.5 Å². The van der Waals surface area contributed by atoms with E-state index in [-0.39, 0.29) is 6.42 Å². The van der Waals surface area contributed by atoms with Crippen LogP contribution < -0.4 is 17.2 Å². The van der Waals surface area contributed by atoms with Crippen molar-refractivity contribution < 1.29 is 29.7 Å². The number of imidazole rings is 1. The Bertz CT molecular complexity index is 766. The maximum Gasteiger partial charge on any atom is 0.320 e. The van der Waals surface area contributed by atoms with Crippen LogP contribution in [0, 0.1) is 5.92 Å². The molecule has 0 radical (unpaired) electrons. The summed E-state index contributed by atoms with van der Waals surface area (Å²) in [6.45, 7) is 3.89. The molecule has 0 aliphatic heterocycles. The van der Waals surface area contributed by atoms with E-state index in [1.54, 1.807) is 18.0 Å². The number of carboxylic acids is 3. The third kappa shape index (κ3) is 22.6. The molecule has 1 aromatic heterocycles. The van der Waals surface area contributed by atoms with Crippen molar-refractivity contribution in [3.05, 3.63) is 54.6 Å². The van der Waals surface area contributed by atoms with Gasteiger partial charge in [0.1, 0.15) is 18.1 Å². The van der Waals surface area contributed by atoms with Crippen LogP contribution in [-0.2, 0) is 20.8 Å². The topological polar surface area (TPSA) is 219 Å². The molecule has 0 saturated carbocycles. The van der Waals surface area contributed by atoms with Gasteiger partial charge in [0, 0.05) is 12.6 Å². The summed E-state index contributed by atoms with van der Waals surface area (Å²) in [5.74, 6) is -1.66. The molecule has 1 aromatic carbocycles. The van der Waals surface area contributed by atoms with Gasteiger partial charge in [-0.1, -0.05) is 50.2 Å². The number of hydrogen-bond acceptors (Lipinski definition) is 8. The van der Waals surface area contributed by atoms with Crippen LogP contribution in [0.3, 0.4) is 0 Å². The lowest BCUT2D eigenvalue weighted by Crippen LogP contribution is -2.32. The zero-order valence-corrected chi connectivity index (χ0v) is 21.2. The van der Waals surface area contributed by atoms with Crippen LogP contribution in [0.1, 0.15) is 32.4 Å². The van der Waals surface area contributed by atoms with Gasteiger partial charge in [-0.15, -0.1) is 0 Å². The second-order valence-corrected chi connectivity index (χ2v) is 8.65. The van der Waals surface area contributed by atoms with E-state index >= 15 is 0 Å². The third-order valence-corrected chi connectivity index (χ3v) is 4.60. The number of H-pyrrole nitrogens is 1. The minimum absolute atomic E-state index is 0.263. The van der Waals surface area contributed by atoms with E-state index in [2.05, 4.69) is 9.97 Å². The molecule has 11 nitrogen and oxygen atoms in total. The van der Waals surface area contributed by atoms with Crippen LogP contribution >= 0.6 is 11.8 Å². The SMILES string of the molecule is CC(C)CC(N)C(=O)O.CSCCC(N)C(=O)O.NC(Cc1c[nH]cn1)C(=O)O.c1ccccc1. The van der Waals surface area contributed by atoms with E-state index in [9.17, 15) is 14.4 Å². The summed E-state index contributed by atoms with van der Waals surface area (Å²) in [7, 11) is 0. The zero-order chi connectivity index (χ0) is 27.2. The minimum atomic E-state index is -1.01. The third-order valence-electron chi connectivity index (χ3n) is 3.96. The summed E-state index contributed by atoms with van der Waals surface area (Å²) in [5.41, 5.74) is 16.3. The molecule has 2 rings (SSSR count). The van der Waals surface area contributed by atoms with Gasteiger partial charge in [-0.25, -0.2) is 4.98 Å². The lowest BCUT2D eigenvalue weighted by Gasteiger charge is -2.07. The number of thioether (sulfide) groups is 1. The van der Waals surface area contributed by atoms with Gasteiger partial charge in [-0.05, 0) is 30.8 Å². The molecule has 1 heterocycles. The Morgan fingerprint density at radius 3 is 1.63 bits per heavy atom.